The first-order chi connectivity index (χ1) is 18.6. The van der Waals surface area contributed by atoms with Gasteiger partial charge in [0, 0.05) is 41.7 Å². The Bertz CT molecular complexity index is 1510. The molecule has 0 spiro atoms. The van der Waals surface area contributed by atoms with Crippen LogP contribution in [0.4, 0.5) is 15.0 Å². The van der Waals surface area contributed by atoms with Gasteiger partial charge in [-0.15, -0.1) is 0 Å². The van der Waals surface area contributed by atoms with Gasteiger partial charge in [0.05, 0.1) is 24.7 Å². The molecule has 200 valence electrons. The van der Waals surface area contributed by atoms with Gasteiger partial charge in [0.2, 0.25) is 5.88 Å². The maximum atomic E-state index is 13.2. The third-order valence-corrected chi connectivity index (χ3v) is 6.05. The zero-order valence-electron chi connectivity index (χ0n) is 21.8. The van der Waals surface area contributed by atoms with Crippen LogP contribution in [-0.2, 0) is 4.74 Å². The van der Waals surface area contributed by atoms with Crippen molar-refractivity contribution in [2.75, 3.05) is 25.0 Å². The first kappa shape index (κ1) is 26.0. The summed E-state index contributed by atoms with van der Waals surface area (Å²) < 4.78 is 24.4. The Kier molecular flexibility index (Phi) is 7.10. The van der Waals surface area contributed by atoms with Crippen LogP contribution in [0.2, 0.25) is 0 Å². The summed E-state index contributed by atoms with van der Waals surface area (Å²) in [6.45, 7) is 7.09. The van der Waals surface area contributed by atoms with Crippen molar-refractivity contribution in [3.8, 4) is 17.1 Å². The number of anilines is 1. The summed E-state index contributed by atoms with van der Waals surface area (Å²) in [5.74, 6) is 0.172. The van der Waals surface area contributed by atoms with Crippen LogP contribution in [0.1, 0.15) is 31.1 Å². The minimum atomic E-state index is -0.520. The quantitative estimate of drug-likeness (QED) is 0.360. The minimum Gasteiger partial charge on any atom is -0.476 e. The van der Waals surface area contributed by atoms with Gasteiger partial charge in [-0.3, -0.25) is 9.78 Å². The normalized spacial score (nSPS) is 13.6. The van der Waals surface area contributed by atoms with Crippen LogP contribution in [0.3, 0.4) is 0 Å². The average Bonchev–Trinajstić information content (AvgIpc) is 2.87. The lowest BCUT2D eigenvalue weighted by atomic mass is 10.0. The lowest BCUT2D eigenvalue weighted by Gasteiger charge is -2.39. The number of fused-ring (bicyclic) bond motifs is 1. The summed E-state index contributed by atoms with van der Waals surface area (Å²) in [7, 11) is 0. The molecule has 4 aromatic rings. The van der Waals surface area contributed by atoms with Crippen molar-refractivity contribution in [1.29, 1.82) is 0 Å². The second-order valence-corrected chi connectivity index (χ2v) is 10.4. The van der Waals surface area contributed by atoms with E-state index in [1.165, 1.54) is 24.3 Å². The Labute approximate surface area is 225 Å². The zero-order chi connectivity index (χ0) is 27.6. The molecule has 0 atom stereocenters. The Morgan fingerprint density at radius 1 is 1.03 bits per heavy atom. The molecule has 2 amide bonds. The second kappa shape index (κ2) is 10.6. The molecule has 0 saturated carbocycles. The van der Waals surface area contributed by atoms with Gasteiger partial charge in [0.1, 0.15) is 17.2 Å². The summed E-state index contributed by atoms with van der Waals surface area (Å²) in [5.41, 5.74) is 1.26. The van der Waals surface area contributed by atoms with Crippen molar-refractivity contribution in [3.63, 3.8) is 0 Å². The highest BCUT2D eigenvalue weighted by atomic mass is 19.1. The van der Waals surface area contributed by atoms with Crippen LogP contribution in [0, 0.1) is 11.7 Å². The molecule has 1 aliphatic rings. The number of hydrogen-bond donors (Lipinski definition) is 1. The summed E-state index contributed by atoms with van der Waals surface area (Å²) >= 11 is 0. The molecular formula is C29H28FN5O4. The van der Waals surface area contributed by atoms with Gasteiger partial charge in [-0.25, -0.2) is 19.2 Å². The minimum absolute atomic E-state index is 0.194. The Hall–Kier alpha value is -4.60. The highest BCUT2D eigenvalue weighted by Gasteiger charge is 2.34. The SMILES string of the molecule is CC(C)(C)OC(=O)N1CC(COc2cncc(-c3ccc4cnc(NC(=O)c5ccc(F)cc5)cc4c3)n2)C1. The largest absolute Gasteiger partial charge is 0.476 e. The van der Waals surface area contributed by atoms with Crippen LogP contribution in [0.15, 0.2) is 67.1 Å². The fourth-order valence-corrected chi connectivity index (χ4v) is 4.07. The van der Waals surface area contributed by atoms with Gasteiger partial charge in [-0.05, 0) is 62.6 Å². The average molecular weight is 530 g/mol. The molecule has 5 rings (SSSR count). The topological polar surface area (TPSA) is 107 Å². The number of aromatic nitrogens is 3. The van der Waals surface area contributed by atoms with Gasteiger partial charge in [0.25, 0.3) is 5.91 Å². The van der Waals surface area contributed by atoms with Crippen molar-refractivity contribution in [2.45, 2.75) is 26.4 Å². The van der Waals surface area contributed by atoms with Gasteiger partial charge < -0.3 is 19.7 Å². The van der Waals surface area contributed by atoms with E-state index >= 15 is 0 Å². The first-order valence-electron chi connectivity index (χ1n) is 12.5. The van der Waals surface area contributed by atoms with Crippen molar-refractivity contribution in [2.24, 2.45) is 5.92 Å². The van der Waals surface area contributed by atoms with Crippen LogP contribution < -0.4 is 10.1 Å². The van der Waals surface area contributed by atoms with E-state index in [-0.39, 0.29) is 17.9 Å². The number of carbonyl (C=O) groups excluding carboxylic acids is 2. The molecule has 2 aromatic carbocycles. The molecule has 1 fully saturated rings. The number of likely N-dealkylation sites (tertiary alicyclic amines) is 1. The Balaban J connectivity index is 1.22. The molecule has 39 heavy (non-hydrogen) atoms. The van der Waals surface area contributed by atoms with Gasteiger partial charge in [0.15, 0.2) is 0 Å². The van der Waals surface area contributed by atoms with E-state index in [0.29, 0.717) is 42.7 Å². The van der Waals surface area contributed by atoms with Crippen molar-refractivity contribution in [3.05, 3.63) is 78.5 Å². The Morgan fingerprint density at radius 2 is 1.79 bits per heavy atom. The number of amides is 2. The molecule has 1 aliphatic heterocycles. The molecule has 3 heterocycles. The van der Waals surface area contributed by atoms with Gasteiger partial charge >= 0.3 is 6.09 Å². The predicted molar refractivity (Wildman–Crippen MR) is 144 cm³/mol. The molecule has 1 saturated heterocycles. The third kappa shape index (κ3) is 6.46. The standard InChI is InChI=1S/C29H28FN5O4/c1-29(2,3)39-28(37)35-15-18(16-35)17-38-26-14-31-13-24(33-26)20-4-5-21-12-32-25(11-22(21)10-20)34-27(36)19-6-8-23(30)9-7-19/h4-14,18H,15-17H2,1-3H3,(H,32,34,36). The van der Waals surface area contributed by atoms with Crippen LogP contribution in [0.5, 0.6) is 5.88 Å². The molecule has 10 heteroatoms. The van der Waals surface area contributed by atoms with Gasteiger partial charge in [-0.2, -0.15) is 0 Å². The molecule has 0 aliphatic carbocycles. The van der Waals surface area contributed by atoms with E-state index < -0.39 is 11.4 Å². The number of rotatable bonds is 6. The number of hydrogen-bond acceptors (Lipinski definition) is 7. The van der Waals surface area contributed by atoms with Crippen molar-refractivity contribution >= 4 is 28.6 Å². The number of nitrogens with one attached hydrogen (secondary N) is 1. The highest BCUT2D eigenvalue weighted by Crippen LogP contribution is 2.26. The number of pyridine rings is 1. The first-order valence-corrected chi connectivity index (χ1v) is 12.5. The maximum Gasteiger partial charge on any atom is 0.410 e. The lowest BCUT2D eigenvalue weighted by Crippen LogP contribution is -2.53. The molecule has 0 unspecified atom stereocenters. The number of benzene rings is 2. The van der Waals surface area contributed by atoms with E-state index in [4.69, 9.17) is 9.47 Å². The molecular weight excluding hydrogens is 501 g/mol. The van der Waals surface area contributed by atoms with E-state index in [1.54, 1.807) is 29.6 Å². The summed E-state index contributed by atoms with van der Waals surface area (Å²) in [5, 5.41) is 4.48. The smallest absolute Gasteiger partial charge is 0.410 e. The van der Waals surface area contributed by atoms with E-state index in [0.717, 1.165) is 16.3 Å². The summed E-state index contributed by atoms with van der Waals surface area (Å²) in [4.78, 5) is 39.4. The van der Waals surface area contributed by atoms with E-state index in [1.807, 2.05) is 39.0 Å². The van der Waals surface area contributed by atoms with Crippen LogP contribution in [-0.4, -0.2) is 57.1 Å². The lowest BCUT2D eigenvalue weighted by molar-refractivity contribution is -0.00810. The number of nitrogens with zero attached hydrogens (tertiary/aromatic N) is 4. The third-order valence-electron chi connectivity index (χ3n) is 6.05. The zero-order valence-corrected chi connectivity index (χ0v) is 21.8. The predicted octanol–water partition coefficient (Wildman–Crippen LogP) is 5.33. The Morgan fingerprint density at radius 3 is 2.54 bits per heavy atom. The molecule has 0 bridgehead atoms. The van der Waals surface area contributed by atoms with Crippen molar-refractivity contribution in [1.82, 2.24) is 19.9 Å². The number of ether oxygens (including phenoxy) is 2. The van der Waals surface area contributed by atoms with Crippen LogP contribution >= 0.6 is 0 Å². The second-order valence-electron chi connectivity index (χ2n) is 10.4. The summed E-state index contributed by atoms with van der Waals surface area (Å²) in [6.07, 6.45) is 4.57. The van der Waals surface area contributed by atoms with Crippen LogP contribution in [0.25, 0.3) is 22.0 Å². The van der Waals surface area contributed by atoms with E-state index in [2.05, 4.69) is 20.3 Å². The molecule has 9 nitrogen and oxygen atoms in total. The highest BCUT2D eigenvalue weighted by molar-refractivity contribution is 6.04. The maximum absolute atomic E-state index is 13.2. The monoisotopic (exact) mass is 529 g/mol. The fourth-order valence-electron chi connectivity index (χ4n) is 4.07. The van der Waals surface area contributed by atoms with Gasteiger partial charge in [-0.1, -0.05) is 12.1 Å². The molecule has 1 N–H and O–H groups in total. The summed E-state index contributed by atoms with van der Waals surface area (Å²) in [6, 6.07) is 12.8. The van der Waals surface area contributed by atoms with E-state index in [9.17, 15) is 14.0 Å². The fraction of sp³-hybridized carbons (Fsp3) is 0.276. The molecule has 0 radical (unpaired) electrons. The number of carbonyl (C=O) groups is 2. The van der Waals surface area contributed by atoms with Crippen molar-refractivity contribution < 1.29 is 23.5 Å². The molecule has 2 aromatic heterocycles. The number of halogens is 1.